The van der Waals surface area contributed by atoms with Crippen LogP contribution in [0.3, 0.4) is 0 Å². The predicted octanol–water partition coefficient (Wildman–Crippen LogP) is 4.37. The van der Waals surface area contributed by atoms with Crippen LogP contribution in [0.5, 0.6) is 0 Å². The molecule has 0 saturated heterocycles. The smallest absolute Gasteiger partial charge is 0.312 e. The van der Waals surface area contributed by atoms with Crippen molar-refractivity contribution in [1.29, 1.82) is 0 Å². The Morgan fingerprint density at radius 1 is 1.04 bits per heavy atom. The van der Waals surface area contributed by atoms with Gasteiger partial charge in [-0.1, -0.05) is 18.2 Å². The van der Waals surface area contributed by atoms with E-state index in [0.29, 0.717) is 4.90 Å². The summed E-state index contributed by atoms with van der Waals surface area (Å²) in [4.78, 5) is 0.716. The maximum absolute atomic E-state index is 13.3. The van der Waals surface area contributed by atoms with Crippen molar-refractivity contribution in [1.82, 2.24) is 10.0 Å². The van der Waals surface area contributed by atoms with E-state index in [1.165, 1.54) is 5.56 Å². The highest BCUT2D eigenvalue weighted by Gasteiger charge is 2.40. The number of halogens is 4. The highest BCUT2D eigenvalue weighted by Crippen LogP contribution is 2.35. The minimum atomic E-state index is -4.47. The number of rotatable bonds is 4. The molecule has 7 heteroatoms. The molecule has 0 aromatic heterocycles. The van der Waals surface area contributed by atoms with E-state index in [0.717, 1.165) is 61.3 Å². The first-order valence-corrected chi connectivity index (χ1v) is 8.32. The van der Waals surface area contributed by atoms with Crippen LogP contribution in [0.2, 0.25) is 0 Å². The number of nitrogens with one attached hydrogen (secondary N) is 2. The molecule has 24 heavy (non-hydrogen) atoms. The van der Waals surface area contributed by atoms with Gasteiger partial charge in [-0.25, -0.2) is 9.11 Å². The van der Waals surface area contributed by atoms with Crippen molar-refractivity contribution in [2.75, 3.05) is 6.54 Å². The number of alkyl halides is 3. The van der Waals surface area contributed by atoms with Gasteiger partial charge in [-0.15, -0.1) is 0 Å². The van der Waals surface area contributed by atoms with Crippen molar-refractivity contribution < 1.29 is 17.6 Å². The van der Waals surface area contributed by atoms with Crippen LogP contribution in [0.25, 0.3) is 0 Å². The highest BCUT2D eigenvalue weighted by atomic mass is 32.2. The van der Waals surface area contributed by atoms with Gasteiger partial charge in [0.05, 0.1) is 0 Å². The van der Waals surface area contributed by atoms with Gasteiger partial charge in [0.15, 0.2) is 0 Å². The number of hydrogen-bond acceptors (Lipinski definition) is 3. The Hall–Kier alpha value is -1.57. The third-order valence-corrected chi connectivity index (χ3v) is 4.73. The molecular weight excluding hydrogens is 340 g/mol. The van der Waals surface area contributed by atoms with E-state index in [1.54, 1.807) is 0 Å². The maximum atomic E-state index is 13.3. The summed E-state index contributed by atoms with van der Waals surface area (Å²) in [6.07, 6.45) is -3.55. The zero-order valence-corrected chi connectivity index (χ0v) is 13.5. The molecule has 1 aliphatic rings. The van der Waals surface area contributed by atoms with Crippen LogP contribution in [0.1, 0.15) is 22.7 Å². The summed E-state index contributed by atoms with van der Waals surface area (Å²) in [6, 6.07) is 8.18. The molecule has 1 aliphatic heterocycles. The van der Waals surface area contributed by atoms with Crippen LogP contribution < -0.4 is 10.0 Å². The fourth-order valence-corrected chi connectivity index (χ4v) is 3.49. The van der Waals surface area contributed by atoms with Crippen molar-refractivity contribution in [3.05, 3.63) is 65.0 Å². The molecule has 2 aromatic carbocycles. The van der Waals surface area contributed by atoms with Crippen molar-refractivity contribution in [2.24, 2.45) is 0 Å². The third-order valence-electron chi connectivity index (χ3n) is 3.89. The van der Waals surface area contributed by atoms with Crippen molar-refractivity contribution in [3.63, 3.8) is 0 Å². The van der Waals surface area contributed by atoms with Gasteiger partial charge in [0.1, 0.15) is 11.9 Å². The second-order valence-electron chi connectivity index (χ2n) is 5.60. The second-order valence-corrected chi connectivity index (χ2v) is 6.51. The van der Waals surface area contributed by atoms with Crippen LogP contribution in [0, 0.1) is 5.82 Å². The fraction of sp³-hybridized carbons (Fsp3) is 0.294. The second kappa shape index (κ2) is 7.13. The number of hydrogen-bond donors (Lipinski definition) is 2. The van der Waals surface area contributed by atoms with Gasteiger partial charge in [0, 0.05) is 11.4 Å². The summed E-state index contributed by atoms with van der Waals surface area (Å²) in [6.45, 7) is 1.64. The van der Waals surface area contributed by atoms with Crippen LogP contribution in [-0.4, -0.2) is 12.7 Å². The molecular formula is C17H16F4N2S. The average molecular weight is 356 g/mol. The first kappa shape index (κ1) is 17.3. The molecule has 2 nitrogen and oxygen atoms in total. The van der Waals surface area contributed by atoms with Crippen molar-refractivity contribution >= 4 is 11.9 Å². The topological polar surface area (TPSA) is 24.1 Å². The zero-order chi connectivity index (χ0) is 17.2. The molecule has 0 fully saturated rings. The molecule has 0 amide bonds. The molecule has 0 bridgehead atoms. The molecule has 1 unspecified atom stereocenters. The Morgan fingerprint density at radius 3 is 2.50 bits per heavy atom. The molecule has 0 saturated carbocycles. The number of fused-ring (bicyclic) bond motifs is 1. The summed E-state index contributed by atoms with van der Waals surface area (Å²) in [7, 11) is 0. The molecule has 0 aliphatic carbocycles. The first-order chi connectivity index (χ1) is 11.4. The molecule has 1 heterocycles. The molecule has 0 radical (unpaired) electrons. The summed E-state index contributed by atoms with van der Waals surface area (Å²) in [5.74, 6) is -0.561. The quantitative estimate of drug-likeness (QED) is 0.628. The Balaban J connectivity index is 1.75. The normalized spacial score (nSPS) is 15.8. The Bertz CT molecular complexity index is 701. The van der Waals surface area contributed by atoms with E-state index in [4.69, 9.17) is 0 Å². The van der Waals surface area contributed by atoms with Crippen LogP contribution in [-0.2, 0) is 13.0 Å². The number of benzene rings is 2. The minimum Gasteiger partial charge on any atom is -0.312 e. The lowest BCUT2D eigenvalue weighted by Gasteiger charge is -2.22. The lowest BCUT2D eigenvalue weighted by atomic mass is 10.0. The molecule has 3 rings (SSSR count). The summed E-state index contributed by atoms with van der Waals surface area (Å²) in [5.41, 5.74) is 2.32. The maximum Gasteiger partial charge on any atom is 0.408 e. The lowest BCUT2D eigenvalue weighted by Crippen LogP contribution is -2.30. The van der Waals surface area contributed by atoms with Crippen molar-refractivity contribution in [2.45, 2.75) is 30.1 Å². The SMILES string of the molecule is Fc1ccc(C(NSc2ccc3c(c2)CNCC3)C(F)(F)F)cc1. The van der Waals surface area contributed by atoms with E-state index in [2.05, 4.69) is 10.0 Å². The molecule has 1 atom stereocenters. The Labute approximate surface area is 141 Å². The summed E-state index contributed by atoms with van der Waals surface area (Å²) in [5, 5.41) is 3.24. The van der Waals surface area contributed by atoms with Crippen LogP contribution in [0.15, 0.2) is 47.4 Å². The van der Waals surface area contributed by atoms with Gasteiger partial charge in [-0.3, -0.25) is 0 Å². The first-order valence-electron chi connectivity index (χ1n) is 7.50. The van der Waals surface area contributed by atoms with Gasteiger partial charge in [-0.2, -0.15) is 13.2 Å². The molecule has 2 aromatic rings. The monoisotopic (exact) mass is 356 g/mol. The Kier molecular flexibility index (Phi) is 5.12. The van der Waals surface area contributed by atoms with E-state index in [9.17, 15) is 17.6 Å². The molecule has 128 valence electrons. The van der Waals surface area contributed by atoms with Gasteiger partial charge in [-0.05, 0) is 65.9 Å². The Morgan fingerprint density at radius 2 is 1.79 bits per heavy atom. The van der Waals surface area contributed by atoms with Gasteiger partial charge in [0.2, 0.25) is 0 Å². The van der Waals surface area contributed by atoms with Crippen molar-refractivity contribution in [3.8, 4) is 0 Å². The minimum absolute atomic E-state index is 0.0176. The van der Waals surface area contributed by atoms with Gasteiger partial charge >= 0.3 is 6.18 Å². The van der Waals surface area contributed by atoms with Crippen LogP contribution >= 0.6 is 11.9 Å². The van der Waals surface area contributed by atoms with E-state index in [-0.39, 0.29) is 5.56 Å². The van der Waals surface area contributed by atoms with E-state index in [1.807, 2.05) is 18.2 Å². The van der Waals surface area contributed by atoms with Crippen LogP contribution in [0.4, 0.5) is 17.6 Å². The predicted molar refractivity (Wildman–Crippen MR) is 86.0 cm³/mol. The standard InChI is InChI=1S/C17H16F4N2S/c18-14-4-1-12(2-5-14)16(17(19,20)21)23-24-15-6-3-11-7-8-22-10-13(11)9-15/h1-6,9,16,22-23H,7-8,10H2. The van der Waals surface area contributed by atoms with Gasteiger partial charge < -0.3 is 5.32 Å². The van der Waals surface area contributed by atoms with Gasteiger partial charge in [0.25, 0.3) is 0 Å². The summed E-state index contributed by atoms with van der Waals surface area (Å²) >= 11 is 0.936. The third kappa shape index (κ3) is 4.09. The molecule has 0 spiro atoms. The zero-order valence-electron chi connectivity index (χ0n) is 12.7. The average Bonchev–Trinajstić information content (AvgIpc) is 2.55. The highest BCUT2D eigenvalue weighted by molar-refractivity contribution is 7.97. The lowest BCUT2D eigenvalue weighted by molar-refractivity contribution is -0.152. The largest absolute Gasteiger partial charge is 0.408 e. The van der Waals surface area contributed by atoms with E-state index < -0.39 is 18.0 Å². The van der Waals surface area contributed by atoms with E-state index >= 15 is 0 Å². The summed E-state index contributed by atoms with van der Waals surface area (Å²) < 4.78 is 55.3. The fourth-order valence-electron chi connectivity index (χ4n) is 2.63. The molecule has 2 N–H and O–H groups in total.